The van der Waals surface area contributed by atoms with Crippen LogP contribution in [-0.2, 0) is 0 Å². The van der Waals surface area contributed by atoms with Gasteiger partial charge in [-0.2, -0.15) is 9.13 Å². The van der Waals surface area contributed by atoms with E-state index in [0.29, 0.717) is 35.5 Å². The predicted molar refractivity (Wildman–Crippen MR) is 186 cm³/mol. The van der Waals surface area contributed by atoms with Crippen LogP contribution in [0.5, 0.6) is 0 Å². The van der Waals surface area contributed by atoms with Crippen molar-refractivity contribution in [2.45, 2.75) is 119 Å². The topological polar surface area (TPSA) is 21.2 Å². The molecule has 0 unspecified atom stereocenters. The maximum atomic E-state index is 5.39. The number of nitrogens with zero attached hydrogens (tertiary/aromatic N) is 3. The van der Waals surface area contributed by atoms with E-state index >= 15 is 0 Å². The van der Waals surface area contributed by atoms with Gasteiger partial charge in [0, 0.05) is 22.3 Å². The first-order chi connectivity index (χ1) is 20.3. The fraction of sp³-hybridized carbons (Fsp3) is 0.450. The minimum Gasteiger partial charge on any atom is -0.248 e. The minimum atomic E-state index is 0.383. The summed E-state index contributed by atoms with van der Waals surface area (Å²) < 4.78 is 4.81. The highest BCUT2D eigenvalue weighted by molar-refractivity contribution is 5.79. The molecule has 0 saturated carbocycles. The molecule has 0 aliphatic carbocycles. The minimum absolute atomic E-state index is 0.383. The number of rotatable bonds is 10. The largest absolute Gasteiger partial charge is 0.310 e. The second-order valence-corrected chi connectivity index (χ2v) is 13.9. The van der Waals surface area contributed by atoms with Crippen molar-refractivity contribution in [3.05, 3.63) is 106 Å². The third-order valence-electron chi connectivity index (χ3n) is 8.68. The fourth-order valence-corrected chi connectivity index (χ4v) is 6.27. The number of hydrogen-bond acceptors (Lipinski definition) is 1. The molecule has 0 N–H and O–H groups in total. The van der Waals surface area contributed by atoms with Gasteiger partial charge in [-0.1, -0.05) is 138 Å². The molecule has 0 bridgehead atoms. The maximum Gasteiger partial charge on any atom is 0.310 e. The summed E-state index contributed by atoms with van der Waals surface area (Å²) in [4.78, 5) is 5.39. The van der Waals surface area contributed by atoms with E-state index < -0.39 is 0 Å². The Morgan fingerprint density at radius 2 is 0.907 bits per heavy atom. The predicted octanol–water partition coefficient (Wildman–Crippen LogP) is 11.2. The molecule has 4 aromatic rings. The monoisotopic (exact) mass is 576 g/mol. The first kappa shape index (κ1) is 32.5. The van der Waals surface area contributed by atoms with Gasteiger partial charge in [-0.25, -0.2) is 4.99 Å². The van der Waals surface area contributed by atoms with E-state index in [1.54, 1.807) is 0 Å². The van der Waals surface area contributed by atoms with Crippen LogP contribution in [0.2, 0.25) is 0 Å². The van der Waals surface area contributed by atoms with E-state index in [1.165, 1.54) is 44.8 Å². The van der Waals surface area contributed by atoms with Gasteiger partial charge >= 0.3 is 5.82 Å². The second-order valence-electron chi connectivity index (χ2n) is 13.9. The van der Waals surface area contributed by atoms with Crippen LogP contribution in [-0.4, -0.2) is 10.8 Å². The van der Waals surface area contributed by atoms with E-state index in [2.05, 4.69) is 165 Å². The Morgan fingerprint density at radius 3 is 1.30 bits per heavy atom. The lowest BCUT2D eigenvalue weighted by Gasteiger charge is -2.19. The van der Waals surface area contributed by atoms with Crippen LogP contribution >= 0.6 is 0 Å². The van der Waals surface area contributed by atoms with Gasteiger partial charge in [-0.05, 0) is 46.6 Å². The summed E-state index contributed by atoms with van der Waals surface area (Å²) in [6, 6.07) is 20.3. The quantitative estimate of drug-likeness (QED) is 0.132. The number of imidazole rings is 1. The zero-order valence-corrected chi connectivity index (χ0v) is 28.7. The summed E-state index contributed by atoms with van der Waals surface area (Å²) in [6.07, 6.45) is 6.65. The third kappa shape index (κ3) is 6.56. The number of aromatic nitrogens is 2. The standard InChI is InChI=1S/C40H54N3/c1-25(2)31-16-13-17-32(26(3)4)38(31)41-24-37-42(39-33(27(5)6)18-14-19-34(39)28(7)8)22-23-43(37)40-35(29(9)10)20-15-21-36(40)30(11)12/h13-30H,1-12H3/q+1. The van der Waals surface area contributed by atoms with Crippen molar-refractivity contribution in [2.24, 2.45) is 4.99 Å². The zero-order chi connectivity index (χ0) is 31.6. The van der Waals surface area contributed by atoms with Gasteiger partial charge < -0.3 is 0 Å². The van der Waals surface area contributed by atoms with Gasteiger partial charge in [-0.3, -0.25) is 0 Å². The molecule has 3 aromatic carbocycles. The summed E-state index contributed by atoms with van der Waals surface area (Å²) in [5.74, 6) is 3.38. The molecule has 0 saturated heterocycles. The SMILES string of the molecule is CC(C)c1cccc(C(C)C)c1N=Cc1n(-c2c(C(C)C)cccc2C(C)C)cc[n+]1-c1c(C(C)C)cccc1C(C)C. The highest BCUT2D eigenvalue weighted by atomic mass is 15.2. The van der Waals surface area contributed by atoms with Crippen LogP contribution in [0, 0.1) is 0 Å². The van der Waals surface area contributed by atoms with E-state index in [-0.39, 0.29) is 0 Å². The Labute approximate surface area is 261 Å². The molecule has 0 aliphatic heterocycles. The van der Waals surface area contributed by atoms with Crippen LogP contribution in [0.15, 0.2) is 72.0 Å². The van der Waals surface area contributed by atoms with Crippen molar-refractivity contribution < 1.29 is 4.57 Å². The van der Waals surface area contributed by atoms with Crippen molar-refractivity contribution in [3.8, 4) is 11.4 Å². The average Bonchev–Trinajstić information content (AvgIpc) is 3.37. The zero-order valence-electron chi connectivity index (χ0n) is 28.7. The lowest BCUT2D eigenvalue weighted by molar-refractivity contribution is -0.597. The summed E-state index contributed by atoms with van der Waals surface area (Å²) in [7, 11) is 0. The highest BCUT2D eigenvalue weighted by Gasteiger charge is 2.29. The van der Waals surface area contributed by atoms with E-state index in [4.69, 9.17) is 4.99 Å². The van der Waals surface area contributed by atoms with Crippen molar-refractivity contribution in [2.75, 3.05) is 0 Å². The van der Waals surface area contributed by atoms with Crippen LogP contribution in [0.4, 0.5) is 5.69 Å². The molecule has 0 spiro atoms. The molecule has 3 nitrogen and oxygen atoms in total. The first-order valence-corrected chi connectivity index (χ1v) is 16.4. The Balaban J connectivity index is 2.14. The molecular formula is C40H54N3+. The molecule has 0 aliphatic rings. The molecule has 4 rings (SSSR count). The van der Waals surface area contributed by atoms with Gasteiger partial charge in [0.15, 0.2) is 0 Å². The van der Waals surface area contributed by atoms with Gasteiger partial charge in [0.2, 0.25) is 0 Å². The summed E-state index contributed by atoms with van der Waals surface area (Å²) >= 11 is 0. The number of para-hydroxylation sites is 3. The Kier molecular flexibility index (Phi) is 10.2. The lowest BCUT2D eigenvalue weighted by Crippen LogP contribution is -2.37. The molecule has 43 heavy (non-hydrogen) atoms. The molecule has 0 atom stereocenters. The van der Waals surface area contributed by atoms with Crippen LogP contribution in [0.25, 0.3) is 11.4 Å². The molecule has 3 heteroatoms. The molecule has 0 amide bonds. The van der Waals surface area contributed by atoms with Crippen molar-refractivity contribution >= 4 is 11.9 Å². The van der Waals surface area contributed by atoms with Crippen molar-refractivity contribution in [1.29, 1.82) is 0 Å². The summed E-state index contributed by atoms with van der Waals surface area (Å²) in [6.45, 7) is 27.5. The molecule has 228 valence electrons. The fourth-order valence-electron chi connectivity index (χ4n) is 6.27. The normalized spacial score (nSPS) is 12.4. The Hall–Kier alpha value is -3.46. The molecule has 0 radical (unpaired) electrons. The number of benzene rings is 3. The number of aliphatic imine (C=N–C) groups is 1. The van der Waals surface area contributed by atoms with Crippen LogP contribution in [0.3, 0.4) is 0 Å². The summed E-state index contributed by atoms with van der Waals surface area (Å²) in [5.41, 5.74) is 11.7. The highest BCUT2D eigenvalue weighted by Crippen LogP contribution is 2.36. The lowest BCUT2D eigenvalue weighted by atomic mass is 9.92. The smallest absolute Gasteiger partial charge is 0.248 e. The van der Waals surface area contributed by atoms with E-state index in [1.807, 2.05) is 0 Å². The third-order valence-corrected chi connectivity index (χ3v) is 8.68. The van der Waals surface area contributed by atoms with Gasteiger partial charge in [0.05, 0.1) is 5.69 Å². The summed E-state index contributed by atoms with van der Waals surface area (Å²) in [5, 5.41) is 0. The molecule has 1 aromatic heterocycles. The number of hydrogen-bond donors (Lipinski definition) is 0. The Bertz CT molecular complexity index is 1420. The first-order valence-electron chi connectivity index (χ1n) is 16.4. The maximum absolute atomic E-state index is 5.39. The molecule has 1 heterocycles. The van der Waals surface area contributed by atoms with Crippen molar-refractivity contribution in [1.82, 2.24) is 4.57 Å². The van der Waals surface area contributed by atoms with E-state index in [9.17, 15) is 0 Å². The molecule has 0 fully saturated rings. The van der Waals surface area contributed by atoms with Gasteiger partial charge in [-0.15, -0.1) is 0 Å². The van der Waals surface area contributed by atoms with Crippen molar-refractivity contribution in [3.63, 3.8) is 0 Å². The van der Waals surface area contributed by atoms with Crippen LogP contribution in [0.1, 0.15) is 158 Å². The van der Waals surface area contributed by atoms with Gasteiger partial charge in [0.25, 0.3) is 0 Å². The average molecular weight is 577 g/mol. The van der Waals surface area contributed by atoms with E-state index in [0.717, 1.165) is 11.5 Å². The van der Waals surface area contributed by atoms with Crippen LogP contribution < -0.4 is 4.57 Å². The van der Waals surface area contributed by atoms with Gasteiger partial charge in [0.1, 0.15) is 30.0 Å². The second kappa shape index (κ2) is 13.5. The molecular weight excluding hydrogens is 522 g/mol. The Morgan fingerprint density at radius 1 is 0.535 bits per heavy atom.